The third kappa shape index (κ3) is 9.85. The number of hydrogen-bond donors (Lipinski definition) is 0. The highest BCUT2D eigenvalue weighted by Gasteiger charge is 2.05. The highest BCUT2D eigenvalue weighted by molar-refractivity contribution is 5.80. The summed E-state index contributed by atoms with van der Waals surface area (Å²) in [4.78, 5) is 11.2. The van der Waals surface area contributed by atoms with Gasteiger partial charge in [0.25, 0.3) is 0 Å². The number of rotatable bonds is 10. The van der Waals surface area contributed by atoms with Crippen LogP contribution in [0.3, 0.4) is 0 Å². The van der Waals surface area contributed by atoms with E-state index in [9.17, 15) is 4.79 Å². The van der Waals surface area contributed by atoms with E-state index in [1.165, 1.54) is 0 Å². The first-order valence-electron chi connectivity index (χ1n) is 5.35. The van der Waals surface area contributed by atoms with Crippen LogP contribution in [-0.4, -0.2) is 45.9 Å². The molecule has 0 aliphatic carbocycles. The zero-order valence-electron chi connectivity index (χ0n) is 9.95. The number of methoxy groups -OCH3 is 1. The van der Waals surface area contributed by atoms with Crippen LogP contribution in [0, 0.1) is 5.92 Å². The minimum absolute atomic E-state index is 0.103. The molecule has 0 N–H and O–H groups in total. The lowest BCUT2D eigenvalue weighted by Crippen LogP contribution is -2.13. The summed E-state index contributed by atoms with van der Waals surface area (Å²) in [7, 11) is 1.64. The van der Waals surface area contributed by atoms with E-state index in [4.69, 9.17) is 14.2 Å². The fourth-order valence-electron chi connectivity index (χ4n) is 0.926. The Hall–Kier alpha value is -0.450. The summed E-state index contributed by atoms with van der Waals surface area (Å²) >= 11 is 0. The molecule has 90 valence electrons. The first-order chi connectivity index (χ1) is 7.18. The van der Waals surface area contributed by atoms with Crippen LogP contribution in [0.2, 0.25) is 0 Å². The van der Waals surface area contributed by atoms with Crippen molar-refractivity contribution >= 4 is 5.78 Å². The topological polar surface area (TPSA) is 44.8 Å². The van der Waals surface area contributed by atoms with Crippen LogP contribution in [0.5, 0.6) is 0 Å². The Bertz CT molecular complexity index is 157. The molecule has 0 aromatic rings. The van der Waals surface area contributed by atoms with Crippen LogP contribution in [0.25, 0.3) is 0 Å². The molecule has 0 unspecified atom stereocenters. The number of Topliss-reactive ketones (excluding diaryl/α,β-unsaturated/α-hetero) is 1. The van der Waals surface area contributed by atoms with E-state index in [0.717, 1.165) is 0 Å². The van der Waals surface area contributed by atoms with Crippen molar-refractivity contribution < 1.29 is 19.0 Å². The average Bonchev–Trinajstić information content (AvgIpc) is 2.21. The summed E-state index contributed by atoms with van der Waals surface area (Å²) in [5, 5.41) is 0. The van der Waals surface area contributed by atoms with Gasteiger partial charge in [-0.3, -0.25) is 4.79 Å². The molecule has 0 amide bonds. The van der Waals surface area contributed by atoms with Crippen molar-refractivity contribution in [3.63, 3.8) is 0 Å². The quantitative estimate of drug-likeness (QED) is 0.518. The van der Waals surface area contributed by atoms with Gasteiger partial charge in [-0.05, 0) is 0 Å². The maximum absolute atomic E-state index is 11.2. The van der Waals surface area contributed by atoms with Crippen molar-refractivity contribution in [2.45, 2.75) is 20.3 Å². The van der Waals surface area contributed by atoms with Gasteiger partial charge in [0, 0.05) is 19.4 Å². The van der Waals surface area contributed by atoms with Crippen LogP contribution in [0.1, 0.15) is 20.3 Å². The molecule has 4 heteroatoms. The molecule has 0 spiro atoms. The number of ketones is 1. The second-order valence-corrected chi connectivity index (χ2v) is 3.59. The lowest BCUT2D eigenvalue weighted by Gasteiger charge is -2.06. The first-order valence-corrected chi connectivity index (χ1v) is 5.35. The first kappa shape index (κ1) is 14.6. The van der Waals surface area contributed by atoms with Gasteiger partial charge in [0.05, 0.1) is 33.0 Å². The number of carbonyl (C=O) groups is 1. The molecular weight excluding hydrogens is 196 g/mol. The standard InChI is InChI=1S/C11H22O4/c1-10(2)11(12)4-5-14-8-9-15-7-6-13-3/h10H,4-9H2,1-3H3. The molecule has 0 radical (unpaired) electrons. The second kappa shape index (κ2) is 10.1. The van der Waals surface area contributed by atoms with Crippen molar-refractivity contribution in [1.82, 2.24) is 0 Å². The second-order valence-electron chi connectivity index (χ2n) is 3.59. The van der Waals surface area contributed by atoms with Crippen molar-refractivity contribution in [3.8, 4) is 0 Å². The molecule has 0 aromatic carbocycles. The monoisotopic (exact) mass is 218 g/mol. The van der Waals surface area contributed by atoms with Gasteiger partial charge in [0.2, 0.25) is 0 Å². The van der Waals surface area contributed by atoms with Gasteiger partial charge in [-0.25, -0.2) is 0 Å². The van der Waals surface area contributed by atoms with Gasteiger partial charge in [0.15, 0.2) is 0 Å². The zero-order valence-corrected chi connectivity index (χ0v) is 9.95. The highest BCUT2D eigenvalue weighted by Crippen LogP contribution is 1.98. The maximum Gasteiger partial charge on any atom is 0.137 e. The molecule has 0 aliphatic rings. The molecule has 0 aliphatic heterocycles. The molecule has 0 aromatic heterocycles. The predicted molar refractivity (Wildman–Crippen MR) is 58.0 cm³/mol. The molecule has 0 rings (SSSR count). The molecule has 0 saturated carbocycles. The third-order valence-corrected chi connectivity index (χ3v) is 1.94. The summed E-state index contributed by atoms with van der Waals surface area (Å²) in [6, 6.07) is 0. The Kier molecular flexibility index (Phi) is 9.78. The summed E-state index contributed by atoms with van der Waals surface area (Å²) in [6.07, 6.45) is 0.496. The van der Waals surface area contributed by atoms with Crippen LogP contribution in [0.15, 0.2) is 0 Å². The van der Waals surface area contributed by atoms with Gasteiger partial charge < -0.3 is 14.2 Å². The van der Waals surface area contributed by atoms with Gasteiger partial charge in [-0.1, -0.05) is 13.8 Å². The Morgan fingerprint density at radius 3 is 2.07 bits per heavy atom. The summed E-state index contributed by atoms with van der Waals surface area (Å²) in [6.45, 7) is 6.57. The van der Waals surface area contributed by atoms with E-state index >= 15 is 0 Å². The fourth-order valence-corrected chi connectivity index (χ4v) is 0.926. The van der Waals surface area contributed by atoms with Crippen LogP contribution >= 0.6 is 0 Å². The smallest absolute Gasteiger partial charge is 0.137 e. The number of hydrogen-bond acceptors (Lipinski definition) is 4. The van der Waals surface area contributed by atoms with E-state index in [1.54, 1.807) is 7.11 Å². The van der Waals surface area contributed by atoms with Crippen molar-refractivity contribution in [2.24, 2.45) is 5.92 Å². The van der Waals surface area contributed by atoms with E-state index < -0.39 is 0 Å². The molecular formula is C11H22O4. The average molecular weight is 218 g/mol. The van der Waals surface area contributed by atoms with E-state index in [2.05, 4.69) is 0 Å². The lowest BCUT2D eigenvalue weighted by atomic mass is 10.1. The fraction of sp³-hybridized carbons (Fsp3) is 0.909. The van der Waals surface area contributed by atoms with Crippen LogP contribution in [0.4, 0.5) is 0 Å². The minimum Gasteiger partial charge on any atom is -0.382 e. The van der Waals surface area contributed by atoms with Crippen LogP contribution in [-0.2, 0) is 19.0 Å². The lowest BCUT2D eigenvalue weighted by molar-refractivity contribution is -0.123. The Morgan fingerprint density at radius 2 is 1.53 bits per heavy atom. The zero-order chi connectivity index (χ0) is 11.5. The Balaban J connectivity index is 3.08. The Labute approximate surface area is 91.9 Å². The maximum atomic E-state index is 11.2. The Morgan fingerprint density at radius 1 is 1.00 bits per heavy atom. The van der Waals surface area contributed by atoms with Crippen molar-refractivity contribution in [3.05, 3.63) is 0 Å². The van der Waals surface area contributed by atoms with Gasteiger partial charge >= 0.3 is 0 Å². The minimum atomic E-state index is 0.103. The van der Waals surface area contributed by atoms with E-state index in [-0.39, 0.29) is 11.7 Å². The van der Waals surface area contributed by atoms with Gasteiger partial charge in [-0.2, -0.15) is 0 Å². The summed E-state index contributed by atoms with van der Waals surface area (Å²) < 4.78 is 15.3. The van der Waals surface area contributed by atoms with Crippen molar-refractivity contribution in [2.75, 3.05) is 40.1 Å². The highest BCUT2D eigenvalue weighted by atomic mass is 16.5. The molecule has 15 heavy (non-hydrogen) atoms. The van der Waals surface area contributed by atoms with E-state index in [0.29, 0.717) is 39.5 Å². The van der Waals surface area contributed by atoms with Crippen molar-refractivity contribution in [1.29, 1.82) is 0 Å². The molecule has 0 atom stereocenters. The molecule has 0 heterocycles. The number of carbonyl (C=O) groups excluding carboxylic acids is 1. The molecule has 0 saturated heterocycles. The van der Waals surface area contributed by atoms with E-state index in [1.807, 2.05) is 13.8 Å². The normalized spacial score (nSPS) is 10.9. The third-order valence-electron chi connectivity index (χ3n) is 1.94. The number of ether oxygens (including phenoxy) is 3. The largest absolute Gasteiger partial charge is 0.382 e. The summed E-state index contributed by atoms with van der Waals surface area (Å²) in [5.74, 6) is 0.349. The molecule has 4 nitrogen and oxygen atoms in total. The summed E-state index contributed by atoms with van der Waals surface area (Å²) in [5.41, 5.74) is 0. The van der Waals surface area contributed by atoms with Gasteiger partial charge in [-0.15, -0.1) is 0 Å². The molecule has 0 fully saturated rings. The van der Waals surface area contributed by atoms with Gasteiger partial charge in [0.1, 0.15) is 5.78 Å². The van der Waals surface area contributed by atoms with Crippen LogP contribution < -0.4 is 0 Å². The molecule has 0 bridgehead atoms. The predicted octanol–water partition coefficient (Wildman–Crippen LogP) is 1.28. The SMILES string of the molecule is COCCOCCOCCC(=O)C(C)C.